The molecule has 4 heterocycles. The number of aromatic amines is 1. The second kappa shape index (κ2) is 5.31. The summed E-state index contributed by atoms with van der Waals surface area (Å²) in [6.07, 6.45) is 2.34. The van der Waals surface area contributed by atoms with Gasteiger partial charge in [0, 0.05) is 29.9 Å². The molecule has 3 aromatic rings. The average molecular weight is 325 g/mol. The van der Waals surface area contributed by atoms with Gasteiger partial charge in [-0.3, -0.25) is 9.59 Å². The Morgan fingerprint density at radius 3 is 3.09 bits per heavy atom. The molecule has 0 saturated carbocycles. The van der Waals surface area contributed by atoms with Crippen molar-refractivity contribution in [2.24, 2.45) is 0 Å². The van der Waals surface area contributed by atoms with Crippen LogP contribution in [0.3, 0.4) is 0 Å². The number of H-pyrrole nitrogens is 1. The molecule has 4 rings (SSSR count). The molecule has 3 aromatic heterocycles. The highest BCUT2D eigenvalue weighted by Gasteiger charge is 2.24. The fourth-order valence-electron chi connectivity index (χ4n) is 2.95. The van der Waals surface area contributed by atoms with Crippen LogP contribution in [0.15, 0.2) is 34.6 Å². The van der Waals surface area contributed by atoms with Gasteiger partial charge in [-0.1, -0.05) is 0 Å². The van der Waals surface area contributed by atoms with Crippen LogP contribution in [-0.4, -0.2) is 27.3 Å². The third-order valence-electron chi connectivity index (χ3n) is 4.20. The minimum Gasteiger partial charge on any atom is -0.345 e. The Labute approximate surface area is 136 Å². The summed E-state index contributed by atoms with van der Waals surface area (Å²) in [5, 5.41) is 2.50. The summed E-state index contributed by atoms with van der Waals surface area (Å²) in [7, 11) is 0. The molecule has 116 valence electrons. The molecule has 5 nitrogen and oxygen atoms in total. The summed E-state index contributed by atoms with van der Waals surface area (Å²) >= 11 is 1.73. The van der Waals surface area contributed by atoms with E-state index in [4.69, 9.17) is 0 Å². The Morgan fingerprint density at radius 2 is 2.22 bits per heavy atom. The van der Waals surface area contributed by atoms with Crippen LogP contribution in [0.5, 0.6) is 0 Å². The van der Waals surface area contributed by atoms with Crippen LogP contribution >= 0.6 is 11.3 Å². The number of hydrogen-bond acceptors (Lipinski definition) is 4. The van der Waals surface area contributed by atoms with Crippen LogP contribution in [0.4, 0.5) is 0 Å². The fourth-order valence-corrected chi connectivity index (χ4v) is 3.84. The number of aromatic nitrogens is 2. The smallest absolute Gasteiger partial charge is 0.259 e. The van der Waals surface area contributed by atoms with E-state index in [9.17, 15) is 9.59 Å². The summed E-state index contributed by atoms with van der Waals surface area (Å²) in [5.41, 5.74) is 2.46. The molecule has 1 aliphatic heterocycles. The molecule has 0 spiro atoms. The van der Waals surface area contributed by atoms with Gasteiger partial charge in [-0.2, -0.15) is 0 Å². The maximum Gasteiger partial charge on any atom is 0.259 e. The number of carbonyl (C=O) groups excluding carboxylic acids is 1. The Balaban J connectivity index is 1.72. The van der Waals surface area contributed by atoms with Crippen LogP contribution in [-0.2, 0) is 13.0 Å². The van der Waals surface area contributed by atoms with E-state index in [0.29, 0.717) is 24.1 Å². The molecule has 0 unspecified atom stereocenters. The molecule has 1 N–H and O–H groups in total. The number of amides is 1. The zero-order chi connectivity index (χ0) is 16.0. The third kappa shape index (κ3) is 2.35. The van der Waals surface area contributed by atoms with Crippen molar-refractivity contribution >= 4 is 28.3 Å². The van der Waals surface area contributed by atoms with Gasteiger partial charge < -0.3 is 9.88 Å². The molecule has 0 saturated heterocycles. The molecule has 0 aromatic carbocycles. The Hall–Kier alpha value is -2.47. The molecule has 23 heavy (non-hydrogen) atoms. The van der Waals surface area contributed by atoms with Crippen molar-refractivity contribution in [2.45, 2.75) is 19.9 Å². The molecule has 0 aliphatic carbocycles. The van der Waals surface area contributed by atoms with Gasteiger partial charge in [0.1, 0.15) is 11.2 Å². The number of aryl methyl sites for hydroxylation is 1. The van der Waals surface area contributed by atoms with Gasteiger partial charge in [0.15, 0.2) is 0 Å². The van der Waals surface area contributed by atoms with Gasteiger partial charge in [0.2, 0.25) is 5.43 Å². The van der Waals surface area contributed by atoms with Crippen molar-refractivity contribution in [3.05, 3.63) is 61.7 Å². The Morgan fingerprint density at radius 1 is 1.35 bits per heavy atom. The Kier molecular flexibility index (Phi) is 3.27. The predicted octanol–water partition coefficient (Wildman–Crippen LogP) is 2.49. The predicted molar refractivity (Wildman–Crippen MR) is 89.9 cm³/mol. The SMILES string of the molecule is Cc1ccc2c(=O)c(C(=O)N3CCc4sccc4C3)c[nH]c2n1. The van der Waals surface area contributed by atoms with Crippen molar-refractivity contribution in [3.63, 3.8) is 0 Å². The second-order valence-electron chi connectivity index (χ2n) is 5.73. The average Bonchev–Trinajstić information content (AvgIpc) is 3.02. The van der Waals surface area contributed by atoms with Gasteiger partial charge in [-0.05, 0) is 42.5 Å². The van der Waals surface area contributed by atoms with E-state index in [0.717, 1.165) is 12.1 Å². The largest absolute Gasteiger partial charge is 0.345 e. The van der Waals surface area contributed by atoms with Crippen LogP contribution in [0.1, 0.15) is 26.5 Å². The first kappa shape index (κ1) is 14.1. The number of pyridine rings is 2. The minimum absolute atomic E-state index is 0.182. The van der Waals surface area contributed by atoms with E-state index in [2.05, 4.69) is 21.4 Å². The number of carbonyl (C=O) groups is 1. The van der Waals surface area contributed by atoms with E-state index in [1.54, 1.807) is 28.4 Å². The number of hydrogen-bond donors (Lipinski definition) is 1. The van der Waals surface area contributed by atoms with Crippen molar-refractivity contribution < 1.29 is 4.79 Å². The van der Waals surface area contributed by atoms with Crippen LogP contribution < -0.4 is 5.43 Å². The molecule has 6 heteroatoms. The first-order valence-corrected chi connectivity index (χ1v) is 8.35. The summed E-state index contributed by atoms with van der Waals surface area (Å²) in [6.45, 7) is 3.08. The van der Waals surface area contributed by atoms with Gasteiger partial charge in [-0.15, -0.1) is 11.3 Å². The summed E-state index contributed by atoms with van der Waals surface area (Å²) in [4.78, 5) is 35.7. The number of fused-ring (bicyclic) bond motifs is 2. The van der Waals surface area contributed by atoms with E-state index in [1.165, 1.54) is 16.6 Å². The molecular weight excluding hydrogens is 310 g/mol. The second-order valence-corrected chi connectivity index (χ2v) is 6.73. The lowest BCUT2D eigenvalue weighted by atomic mass is 10.1. The Bertz CT molecular complexity index is 973. The highest BCUT2D eigenvalue weighted by Crippen LogP contribution is 2.24. The lowest BCUT2D eigenvalue weighted by Gasteiger charge is -2.26. The van der Waals surface area contributed by atoms with Crippen molar-refractivity contribution in [1.82, 2.24) is 14.9 Å². The fraction of sp³-hybridized carbons (Fsp3) is 0.235. The molecule has 1 amide bonds. The molecule has 0 atom stereocenters. The monoisotopic (exact) mass is 325 g/mol. The normalized spacial score (nSPS) is 14.0. The highest BCUT2D eigenvalue weighted by molar-refractivity contribution is 7.10. The number of rotatable bonds is 1. The van der Waals surface area contributed by atoms with Crippen LogP contribution in [0.2, 0.25) is 0 Å². The molecular formula is C17H15N3O2S. The quantitative estimate of drug-likeness (QED) is 0.747. The lowest BCUT2D eigenvalue weighted by molar-refractivity contribution is 0.0734. The third-order valence-corrected chi connectivity index (χ3v) is 5.23. The highest BCUT2D eigenvalue weighted by atomic mass is 32.1. The topological polar surface area (TPSA) is 66.1 Å². The molecule has 0 fully saturated rings. The maximum atomic E-state index is 12.8. The van der Waals surface area contributed by atoms with Gasteiger partial charge in [-0.25, -0.2) is 4.98 Å². The molecule has 0 radical (unpaired) electrons. The van der Waals surface area contributed by atoms with Crippen molar-refractivity contribution in [2.75, 3.05) is 6.54 Å². The first-order chi connectivity index (χ1) is 11.1. The van der Waals surface area contributed by atoms with Gasteiger partial charge in [0.05, 0.1) is 5.39 Å². The number of nitrogens with zero attached hydrogens (tertiary/aromatic N) is 2. The van der Waals surface area contributed by atoms with Crippen LogP contribution in [0, 0.1) is 6.92 Å². The van der Waals surface area contributed by atoms with E-state index in [1.807, 2.05) is 6.92 Å². The lowest BCUT2D eigenvalue weighted by Crippen LogP contribution is -2.37. The molecule has 1 aliphatic rings. The number of nitrogens with one attached hydrogen (secondary N) is 1. The molecule has 0 bridgehead atoms. The van der Waals surface area contributed by atoms with E-state index in [-0.39, 0.29) is 16.9 Å². The van der Waals surface area contributed by atoms with Gasteiger partial charge in [0.25, 0.3) is 5.91 Å². The van der Waals surface area contributed by atoms with Crippen molar-refractivity contribution in [1.29, 1.82) is 0 Å². The van der Waals surface area contributed by atoms with Crippen molar-refractivity contribution in [3.8, 4) is 0 Å². The minimum atomic E-state index is -0.257. The maximum absolute atomic E-state index is 12.8. The van der Waals surface area contributed by atoms with E-state index < -0.39 is 0 Å². The van der Waals surface area contributed by atoms with E-state index >= 15 is 0 Å². The van der Waals surface area contributed by atoms with Crippen LogP contribution in [0.25, 0.3) is 11.0 Å². The zero-order valence-electron chi connectivity index (χ0n) is 12.6. The summed E-state index contributed by atoms with van der Waals surface area (Å²) in [6, 6.07) is 5.56. The zero-order valence-corrected chi connectivity index (χ0v) is 13.4. The summed E-state index contributed by atoms with van der Waals surface area (Å²) in [5.74, 6) is -0.217. The first-order valence-electron chi connectivity index (χ1n) is 7.47. The summed E-state index contributed by atoms with van der Waals surface area (Å²) < 4.78 is 0. The standard InChI is InChI=1S/C17H15N3O2S/c1-10-2-3-12-15(21)13(8-18-16(12)19-10)17(22)20-6-4-14-11(9-20)5-7-23-14/h2-3,5,7-8H,4,6,9H2,1H3,(H,18,19,21). The number of thiophene rings is 1. The van der Waals surface area contributed by atoms with Gasteiger partial charge >= 0.3 is 0 Å².